The second-order valence-electron chi connectivity index (χ2n) is 3.35. The highest BCUT2D eigenvalue weighted by Crippen LogP contribution is 2.32. The lowest BCUT2D eigenvalue weighted by atomic mass is 10.0. The topological polar surface area (TPSA) is 55.5 Å². The van der Waals surface area contributed by atoms with Gasteiger partial charge >= 0.3 is 6.36 Å². The normalized spacial score (nSPS) is 13.5. The maximum Gasteiger partial charge on any atom is 0.573 e. The monoisotopic (exact) mass is 313 g/mol. The van der Waals surface area contributed by atoms with Crippen LogP contribution in [-0.2, 0) is 0 Å². The van der Waals surface area contributed by atoms with Crippen LogP contribution in [0.5, 0.6) is 5.75 Å². The van der Waals surface area contributed by atoms with Crippen molar-refractivity contribution in [3.8, 4) is 5.75 Å². The van der Waals surface area contributed by atoms with E-state index in [0.717, 1.165) is 0 Å². The van der Waals surface area contributed by atoms with E-state index in [1.165, 1.54) is 18.2 Å². The largest absolute Gasteiger partial charge is 0.573 e. The Kier molecular flexibility index (Phi) is 4.79. The molecule has 7 heteroatoms. The zero-order valence-corrected chi connectivity index (χ0v) is 10.3. The first-order chi connectivity index (χ1) is 7.83. The van der Waals surface area contributed by atoms with E-state index in [1.807, 2.05) is 0 Å². The molecule has 0 unspecified atom stereocenters. The fraction of sp³-hybridized carbons (Fsp3) is 0.400. The molecule has 0 aliphatic carbocycles. The zero-order valence-electron chi connectivity index (χ0n) is 8.67. The van der Waals surface area contributed by atoms with Crippen molar-refractivity contribution in [1.82, 2.24) is 0 Å². The van der Waals surface area contributed by atoms with Crippen LogP contribution in [-0.4, -0.2) is 18.1 Å². The fourth-order valence-electron chi connectivity index (χ4n) is 1.32. The molecule has 0 radical (unpaired) electrons. The van der Waals surface area contributed by atoms with Crippen molar-refractivity contribution in [2.75, 3.05) is 6.61 Å². The first-order valence-corrected chi connectivity index (χ1v) is 5.54. The van der Waals surface area contributed by atoms with E-state index in [-0.39, 0.29) is 24.3 Å². The molecule has 3 nitrogen and oxygen atoms in total. The molecule has 0 bridgehead atoms. The van der Waals surface area contributed by atoms with Gasteiger partial charge in [-0.05, 0) is 24.6 Å². The van der Waals surface area contributed by atoms with Crippen molar-refractivity contribution in [3.05, 3.63) is 28.2 Å². The van der Waals surface area contributed by atoms with E-state index >= 15 is 0 Å². The maximum atomic E-state index is 12.1. The molecular weight excluding hydrogens is 303 g/mol. The van der Waals surface area contributed by atoms with Gasteiger partial charge in [-0.3, -0.25) is 0 Å². The van der Waals surface area contributed by atoms with Crippen LogP contribution in [0.3, 0.4) is 0 Å². The van der Waals surface area contributed by atoms with E-state index in [9.17, 15) is 13.2 Å². The lowest BCUT2D eigenvalue weighted by Crippen LogP contribution is -2.20. The fourth-order valence-corrected chi connectivity index (χ4v) is 1.70. The van der Waals surface area contributed by atoms with Gasteiger partial charge in [0.05, 0.1) is 0 Å². The summed E-state index contributed by atoms with van der Waals surface area (Å²) in [7, 11) is 0. The summed E-state index contributed by atoms with van der Waals surface area (Å²) in [6.07, 6.45) is -4.60. The number of benzene rings is 1. The number of nitrogens with two attached hydrogens (primary N) is 1. The summed E-state index contributed by atoms with van der Waals surface area (Å²) in [4.78, 5) is 0. The van der Waals surface area contributed by atoms with Gasteiger partial charge in [-0.15, -0.1) is 13.2 Å². The number of alkyl halides is 3. The molecule has 1 aromatic rings. The van der Waals surface area contributed by atoms with Crippen molar-refractivity contribution in [1.29, 1.82) is 0 Å². The molecule has 0 fully saturated rings. The Morgan fingerprint density at radius 3 is 2.59 bits per heavy atom. The van der Waals surface area contributed by atoms with Crippen molar-refractivity contribution >= 4 is 15.9 Å². The third-order valence-electron chi connectivity index (χ3n) is 2.04. The second kappa shape index (κ2) is 5.70. The average molecular weight is 314 g/mol. The van der Waals surface area contributed by atoms with Crippen LogP contribution in [0.25, 0.3) is 0 Å². The van der Waals surface area contributed by atoms with Gasteiger partial charge in [0.2, 0.25) is 0 Å². The maximum absolute atomic E-state index is 12.1. The number of hydrogen-bond acceptors (Lipinski definition) is 3. The molecule has 0 aliphatic heterocycles. The third-order valence-corrected chi connectivity index (χ3v) is 2.53. The number of ether oxygens (including phenoxy) is 1. The highest BCUT2D eigenvalue weighted by atomic mass is 79.9. The molecule has 1 aromatic carbocycles. The van der Waals surface area contributed by atoms with Crippen molar-refractivity contribution in [2.24, 2.45) is 5.73 Å². The van der Waals surface area contributed by atoms with E-state index < -0.39 is 12.4 Å². The Morgan fingerprint density at radius 2 is 2.06 bits per heavy atom. The third kappa shape index (κ3) is 4.53. The van der Waals surface area contributed by atoms with Gasteiger partial charge in [-0.2, -0.15) is 0 Å². The average Bonchev–Trinajstić information content (AvgIpc) is 2.19. The highest BCUT2D eigenvalue weighted by Gasteiger charge is 2.32. The Balaban J connectivity index is 3.03. The van der Waals surface area contributed by atoms with Gasteiger partial charge in [0, 0.05) is 22.7 Å². The molecule has 0 amide bonds. The number of halogens is 4. The molecule has 0 aliphatic rings. The summed E-state index contributed by atoms with van der Waals surface area (Å²) >= 11 is 3.14. The van der Waals surface area contributed by atoms with Crippen LogP contribution in [0.1, 0.15) is 18.0 Å². The quantitative estimate of drug-likeness (QED) is 0.898. The molecule has 3 N–H and O–H groups in total. The first-order valence-electron chi connectivity index (χ1n) is 4.75. The summed E-state index contributed by atoms with van der Waals surface area (Å²) in [6, 6.07) is 3.34. The molecule has 1 rings (SSSR count). The molecule has 0 saturated heterocycles. The van der Waals surface area contributed by atoms with Crippen LogP contribution < -0.4 is 10.5 Å². The first kappa shape index (κ1) is 14.3. The van der Waals surface area contributed by atoms with Gasteiger partial charge in [0.25, 0.3) is 0 Å². The summed E-state index contributed by atoms with van der Waals surface area (Å²) in [5.41, 5.74) is 5.87. The minimum atomic E-state index is -4.76. The van der Waals surface area contributed by atoms with E-state index in [4.69, 9.17) is 10.8 Å². The molecular formula is C10H11BrF3NO2. The number of aliphatic hydroxyl groups is 1. The molecule has 0 spiro atoms. The molecule has 96 valence electrons. The van der Waals surface area contributed by atoms with Gasteiger partial charge < -0.3 is 15.6 Å². The predicted molar refractivity (Wildman–Crippen MR) is 59.5 cm³/mol. The SMILES string of the molecule is N[C@@H](CCO)c1cc(Br)ccc1OC(F)(F)F. The molecule has 0 saturated carbocycles. The van der Waals surface area contributed by atoms with Crippen LogP contribution in [0.15, 0.2) is 22.7 Å². The molecule has 1 atom stereocenters. The van der Waals surface area contributed by atoms with Crippen molar-refractivity contribution < 1.29 is 23.0 Å². The van der Waals surface area contributed by atoms with E-state index in [0.29, 0.717) is 4.47 Å². The minimum absolute atomic E-state index is 0.157. The van der Waals surface area contributed by atoms with Crippen molar-refractivity contribution in [3.63, 3.8) is 0 Å². The number of hydrogen-bond donors (Lipinski definition) is 2. The Hall–Kier alpha value is -0.790. The van der Waals surface area contributed by atoms with Crippen LogP contribution in [0, 0.1) is 0 Å². The number of rotatable bonds is 4. The van der Waals surface area contributed by atoms with Crippen LogP contribution >= 0.6 is 15.9 Å². The molecule has 0 aromatic heterocycles. The predicted octanol–water partition coefficient (Wildman–Crippen LogP) is 2.73. The minimum Gasteiger partial charge on any atom is -0.405 e. The summed E-state index contributed by atoms with van der Waals surface area (Å²) in [5.74, 6) is -0.346. The van der Waals surface area contributed by atoms with Gasteiger partial charge in [0.1, 0.15) is 5.75 Å². The molecule has 0 heterocycles. The van der Waals surface area contributed by atoms with Gasteiger partial charge in [-0.1, -0.05) is 15.9 Å². The summed E-state index contributed by atoms with van der Waals surface area (Å²) < 4.78 is 40.9. The van der Waals surface area contributed by atoms with Gasteiger partial charge in [-0.25, -0.2) is 0 Å². The molecule has 17 heavy (non-hydrogen) atoms. The van der Waals surface area contributed by atoms with Crippen molar-refractivity contribution in [2.45, 2.75) is 18.8 Å². The summed E-state index contributed by atoms with van der Waals surface area (Å²) in [5, 5.41) is 8.74. The lowest BCUT2D eigenvalue weighted by molar-refractivity contribution is -0.275. The van der Waals surface area contributed by atoms with Gasteiger partial charge in [0.15, 0.2) is 0 Å². The second-order valence-corrected chi connectivity index (χ2v) is 4.26. The van der Waals surface area contributed by atoms with E-state index in [2.05, 4.69) is 20.7 Å². The van der Waals surface area contributed by atoms with E-state index in [1.54, 1.807) is 0 Å². The smallest absolute Gasteiger partial charge is 0.405 e. The lowest BCUT2D eigenvalue weighted by Gasteiger charge is -2.17. The zero-order chi connectivity index (χ0) is 13.1. The number of aliphatic hydroxyl groups excluding tert-OH is 1. The Bertz CT molecular complexity index is 384. The van der Waals surface area contributed by atoms with Crippen LogP contribution in [0.4, 0.5) is 13.2 Å². The summed E-state index contributed by atoms with van der Waals surface area (Å²) in [6.45, 7) is -0.209. The Morgan fingerprint density at radius 1 is 1.41 bits per heavy atom. The highest BCUT2D eigenvalue weighted by molar-refractivity contribution is 9.10. The Labute approximate surface area is 105 Å². The van der Waals surface area contributed by atoms with Crippen LogP contribution in [0.2, 0.25) is 0 Å². The standard InChI is InChI=1S/C10H11BrF3NO2/c11-6-1-2-9(17-10(12,13)14)7(5-6)8(15)3-4-16/h1-2,5,8,16H,3-4,15H2/t8-/m0/s1.